The highest BCUT2D eigenvalue weighted by Crippen LogP contribution is 2.26. The maximum absolute atomic E-state index is 12.2. The van der Waals surface area contributed by atoms with Gasteiger partial charge in [0.25, 0.3) is 0 Å². The van der Waals surface area contributed by atoms with Crippen LogP contribution in [-0.2, 0) is 15.6 Å². The van der Waals surface area contributed by atoms with Crippen molar-refractivity contribution in [1.29, 1.82) is 5.26 Å². The molecule has 102 valence electrons. The predicted octanol–water partition coefficient (Wildman–Crippen LogP) is 1.73. The quantitative estimate of drug-likeness (QED) is 0.773. The van der Waals surface area contributed by atoms with Crippen molar-refractivity contribution in [3.63, 3.8) is 0 Å². The molecule has 0 spiro atoms. The van der Waals surface area contributed by atoms with Crippen LogP contribution in [0.4, 0.5) is 0 Å². The molecule has 0 heterocycles. The molecule has 1 saturated carbocycles. The smallest absolute Gasteiger partial charge is 0.232 e. The molecule has 0 aromatic carbocycles. The Morgan fingerprint density at radius 2 is 2.11 bits per heavy atom. The lowest BCUT2D eigenvalue weighted by molar-refractivity contribution is -0.118. The van der Waals surface area contributed by atoms with Crippen molar-refractivity contribution in [3.8, 4) is 6.07 Å². The van der Waals surface area contributed by atoms with Gasteiger partial charge in [-0.15, -0.1) is 0 Å². The van der Waals surface area contributed by atoms with E-state index in [1.807, 2.05) is 6.92 Å². The first-order valence-corrected chi connectivity index (χ1v) is 8.10. The molecule has 0 bridgehead atoms. The van der Waals surface area contributed by atoms with E-state index in [0.717, 1.165) is 38.5 Å². The minimum atomic E-state index is -1.22. The van der Waals surface area contributed by atoms with Gasteiger partial charge in [0.05, 0.1) is 17.2 Å². The highest BCUT2D eigenvalue weighted by atomic mass is 32.2. The van der Waals surface area contributed by atoms with Crippen LogP contribution in [0.3, 0.4) is 0 Å². The highest BCUT2D eigenvalue weighted by Gasteiger charge is 2.29. The van der Waals surface area contributed by atoms with Gasteiger partial charge in [0, 0.05) is 17.3 Å². The molecule has 4 nitrogen and oxygen atoms in total. The molecule has 1 aliphatic rings. The van der Waals surface area contributed by atoms with Crippen LogP contribution in [0.2, 0.25) is 0 Å². The van der Waals surface area contributed by atoms with Crippen LogP contribution in [0.25, 0.3) is 0 Å². The van der Waals surface area contributed by atoms with Crippen molar-refractivity contribution in [3.05, 3.63) is 0 Å². The fraction of sp³-hybridized carbons (Fsp3) is 0.846. The summed E-state index contributed by atoms with van der Waals surface area (Å²) in [6, 6.07) is 2.27. The van der Waals surface area contributed by atoms with E-state index in [1.54, 1.807) is 0 Å². The third-order valence-electron chi connectivity index (χ3n) is 3.30. The third-order valence-corrected chi connectivity index (χ3v) is 5.09. The Hall–Kier alpha value is -0.890. The summed E-state index contributed by atoms with van der Waals surface area (Å²) in [6.07, 6.45) is 5.67. The second kappa shape index (κ2) is 8.25. The van der Waals surface area contributed by atoms with E-state index in [2.05, 4.69) is 11.4 Å². The van der Waals surface area contributed by atoms with Crippen LogP contribution >= 0.6 is 0 Å². The third kappa shape index (κ3) is 4.77. The molecule has 3 atom stereocenters. The van der Waals surface area contributed by atoms with Gasteiger partial charge in [-0.2, -0.15) is 5.26 Å². The molecule has 0 aromatic rings. The number of nitrogens with one attached hydrogen (secondary N) is 1. The molecule has 0 aliphatic heterocycles. The lowest BCUT2D eigenvalue weighted by atomic mass is 10.0. The van der Waals surface area contributed by atoms with E-state index in [4.69, 9.17) is 5.26 Å². The van der Waals surface area contributed by atoms with E-state index in [-0.39, 0.29) is 22.8 Å². The minimum Gasteiger partial charge on any atom is -0.355 e. The van der Waals surface area contributed by atoms with E-state index in [1.165, 1.54) is 0 Å². The largest absolute Gasteiger partial charge is 0.355 e. The van der Waals surface area contributed by atoms with E-state index >= 15 is 0 Å². The predicted molar refractivity (Wildman–Crippen MR) is 72.3 cm³/mol. The van der Waals surface area contributed by atoms with Gasteiger partial charge in [-0.3, -0.25) is 9.00 Å². The van der Waals surface area contributed by atoms with Gasteiger partial charge in [-0.25, -0.2) is 0 Å². The lowest BCUT2D eigenvalue weighted by Gasteiger charge is -2.18. The zero-order chi connectivity index (χ0) is 13.4. The van der Waals surface area contributed by atoms with Gasteiger partial charge in [0.15, 0.2) is 0 Å². The van der Waals surface area contributed by atoms with Crippen molar-refractivity contribution < 1.29 is 9.00 Å². The number of amides is 1. The zero-order valence-corrected chi connectivity index (χ0v) is 11.8. The molecule has 18 heavy (non-hydrogen) atoms. The van der Waals surface area contributed by atoms with Crippen molar-refractivity contribution in [1.82, 2.24) is 5.32 Å². The molecule has 1 aliphatic carbocycles. The molecule has 3 unspecified atom stereocenters. The Morgan fingerprint density at radius 1 is 1.39 bits per heavy atom. The number of nitriles is 1. The minimum absolute atomic E-state index is 0.0445. The standard InChI is InChI=1S/C13H22N2O2S/c1-2-8-15-13(16)10-18(17)12-7-5-3-4-6-11(12)9-14/h11-12H,2-8,10H2,1H3,(H,15,16). The number of nitrogens with zero attached hydrogens (tertiary/aromatic N) is 1. The monoisotopic (exact) mass is 270 g/mol. The van der Waals surface area contributed by atoms with E-state index in [0.29, 0.717) is 6.54 Å². The summed E-state index contributed by atoms with van der Waals surface area (Å²) in [5.74, 6) is -0.258. The number of hydrogen-bond donors (Lipinski definition) is 1. The Kier molecular flexibility index (Phi) is 6.96. The average molecular weight is 270 g/mol. The number of hydrogen-bond acceptors (Lipinski definition) is 3. The number of rotatable bonds is 5. The second-order valence-electron chi connectivity index (χ2n) is 4.79. The Bertz CT molecular complexity index is 338. The van der Waals surface area contributed by atoms with E-state index < -0.39 is 10.8 Å². The van der Waals surface area contributed by atoms with Crippen LogP contribution < -0.4 is 5.32 Å². The summed E-state index contributed by atoms with van der Waals surface area (Å²) in [5, 5.41) is 11.7. The second-order valence-corrected chi connectivity index (χ2v) is 6.44. The van der Waals surface area contributed by atoms with Gasteiger partial charge in [0.2, 0.25) is 5.91 Å². The van der Waals surface area contributed by atoms with Gasteiger partial charge >= 0.3 is 0 Å². The van der Waals surface area contributed by atoms with Crippen LogP contribution in [-0.4, -0.2) is 27.7 Å². The first kappa shape index (κ1) is 15.2. The molecule has 1 amide bonds. The lowest BCUT2D eigenvalue weighted by Crippen LogP contribution is -2.34. The maximum atomic E-state index is 12.2. The molecule has 5 heteroatoms. The average Bonchev–Trinajstić information content (AvgIpc) is 2.61. The zero-order valence-electron chi connectivity index (χ0n) is 11.0. The van der Waals surface area contributed by atoms with Crippen LogP contribution in [0, 0.1) is 17.2 Å². The topological polar surface area (TPSA) is 70.0 Å². The molecule has 1 rings (SSSR count). The molecular weight excluding hydrogens is 248 g/mol. The summed E-state index contributed by atoms with van der Waals surface area (Å²) in [6.45, 7) is 2.61. The van der Waals surface area contributed by atoms with Gasteiger partial charge in [-0.1, -0.05) is 26.2 Å². The van der Waals surface area contributed by atoms with Crippen molar-refractivity contribution in [2.24, 2.45) is 5.92 Å². The summed E-state index contributed by atoms with van der Waals surface area (Å²) in [4.78, 5) is 11.5. The first-order valence-electron chi connectivity index (χ1n) is 6.72. The molecule has 1 fully saturated rings. The first-order chi connectivity index (χ1) is 8.69. The molecule has 1 N–H and O–H groups in total. The highest BCUT2D eigenvalue weighted by molar-refractivity contribution is 7.86. The molecule has 0 radical (unpaired) electrons. The fourth-order valence-corrected chi connectivity index (χ4v) is 3.86. The van der Waals surface area contributed by atoms with Crippen LogP contribution in [0.1, 0.15) is 45.4 Å². The molecule has 0 saturated heterocycles. The van der Waals surface area contributed by atoms with Crippen LogP contribution in [0.5, 0.6) is 0 Å². The summed E-state index contributed by atoms with van der Waals surface area (Å²) in [5.41, 5.74) is 0. The molecule has 0 aromatic heterocycles. The van der Waals surface area contributed by atoms with Crippen molar-refractivity contribution in [2.75, 3.05) is 12.3 Å². The summed E-state index contributed by atoms with van der Waals surface area (Å²) in [7, 11) is -1.22. The van der Waals surface area contributed by atoms with Crippen LogP contribution in [0.15, 0.2) is 0 Å². The fourth-order valence-electron chi connectivity index (χ4n) is 2.29. The normalized spacial score (nSPS) is 25.8. The van der Waals surface area contributed by atoms with Gasteiger partial charge in [-0.05, 0) is 19.3 Å². The van der Waals surface area contributed by atoms with Gasteiger partial charge < -0.3 is 5.32 Å². The Labute approximate surface area is 112 Å². The number of carbonyl (C=O) groups excluding carboxylic acids is 1. The SMILES string of the molecule is CCCNC(=O)CS(=O)C1CCCCCC1C#N. The summed E-state index contributed by atoms with van der Waals surface area (Å²) < 4.78 is 12.2. The van der Waals surface area contributed by atoms with E-state index in [9.17, 15) is 9.00 Å². The van der Waals surface area contributed by atoms with Crippen molar-refractivity contribution in [2.45, 2.75) is 50.7 Å². The van der Waals surface area contributed by atoms with Gasteiger partial charge in [0.1, 0.15) is 5.75 Å². The maximum Gasteiger partial charge on any atom is 0.232 e. The van der Waals surface area contributed by atoms with Crippen molar-refractivity contribution >= 4 is 16.7 Å². The summed E-state index contributed by atoms with van der Waals surface area (Å²) >= 11 is 0. The Balaban J connectivity index is 2.52. The molecular formula is C13H22N2O2S. The number of carbonyl (C=O) groups is 1. The Morgan fingerprint density at radius 3 is 2.78 bits per heavy atom.